The number of hydrogen-bond acceptors (Lipinski definition) is 1. The highest BCUT2D eigenvalue weighted by molar-refractivity contribution is 6.13. The number of fused-ring (bicyclic) bond motifs is 9. The SMILES string of the molecule is [C-]#[N+]c1ccc(-c2ccc(-n3c4ccccc4c4cc(-n5c6ccccc6c6cc(C#N)ccc65)ccc43)cc2)cc1-n1c2ccccc2c2ccccc21. The standard InChI is InChI=1S/C50H29N5/c1-52-43-25-21-34(29-50(43)55-46-16-8-2-10-37(46)38-11-3-9-17-47(38)55)33-19-22-35(23-20-33)53-44-14-6-5-13-40(44)42-30-36(24-27-49(42)53)54-45-15-7-4-12-39(45)41-28-32(31-51)18-26-48(41)54/h2-30H. The van der Waals surface area contributed by atoms with Gasteiger partial charge >= 0.3 is 0 Å². The van der Waals surface area contributed by atoms with Gasteiger partial charge in [0.25, 0.3) is 0 Å². The van der Waals surface area contributed by atoms with Crippen LogP contribution in [0.1, 0.15) is 5.56 Å². The van der Waals surface area contributed by atoms with Gasteiger partial charge in [0.15, 0.2) is 0 Å². The van der Waals surface area contributed by atoms with E-state index in [0.717, 1.165) is 72.1 Å². The molecule has 0 unspecified atom stereocenters. The molecule has 0 fully saturated rings. The number of benzene rings is 8. The Kier molecular flexibility index (Phi) is 6.61. The third kappa shape index (κ3) is 4.51. The fourth-order valence-corrected chi connectivity index (χ4v) is 8.66. The quantitative estimate of drug-likeness (QED) is 0.169. The van der Waals surface area contributed by atoms with Crippen LogP contribution < -0.4 is 0 Å². The predicted octanol–water partition coefficient (Wildman–Crippen LogP) is 13.1. The molecular formula is C50H29N5. The first kappa shape index (κ1) is 30.7. The zero-order valence-corrected chi connectivity index (χ0v) is 29.5. The Labute approximate surface area is 316 Å². The summed E-state index contributed by atoms with van der Waals surface area (Å²) in [4.78, 5) is 3.95. The molecule has 0 bridgehead atoms. The van der Waals surface area contributed by atoms with Crippen molar-refractivity contribution in [1.82, 2.24) is 13.7 Å². The molecule has 3 heterocycles. The van der Waals surface area contributed by atoms with Crippen LogP contribution in [0.15, 0.2) is 176 Å². The molecule has 0 aliphatic carbocycles. The Balaban J connectivity index is 1.04. The van der Waals surface area contributed by atoms with Crippen LogP contribution in [0.25, 0.3) is 98.5 Å². The highest BCUT2D eigenvalue weighted by atomic mass is 15.0. The van der Waals surface area contributed by atoms with Crippen LogP contribution in [0.4, 0.5) is 5.69 Å². The molecule has 5 heteroatoms. The van der Waals surface area contributed by atoms with Gasteiger partial charge in [0.2, 0.25) is 5.69 Å². The first-order valence-corrected chi connectivity index (χ1v) is 18.3. The molecule has 0 radical (unpaired) electrons. The second-order valence-electron chi connectivity index (χ2n) is 14.0. The monoisotopic (exact) mass is 699 g/mol. The maximum atomic E-state index is 9.64. The van der Waals surface area contributed by atoms with Crippen LogP contribution in [0, 0.1) is 17.9 Å². The van der Waals surface area contributed by atoms with Crippen LogP contribution in [0.3, 0.4) is 0 Å². The van der Waals surface area contributed by atoms with Gasteiger partial charge in [-0.05, 0) is 90.0 Å². The molecule has 11 rings (SSSR count). The van der Waals surface area contributed by atoms with Gasteiger partial charge in [0.1, 0.15) is 0 Å². The maximum absolute atomic E-state index is 9.64. The van der Waals surface area contributed by atoms with E-state index in [2.05, 4.69) is 182 Å². The summed E-state index contributed by atoms with van der Waals surface area (Å²) in [6, 6.07) is 63.7. The van der Waals surface area contributed by atoms with Gasteiger partial charge in [0, 0.05) is 43.7 Å². The molecule has 0 aliphatic heterocycles. The first-order valence-electron chi connectivity index (χ1n) is 18.3. The summed E-state index contributed by atoms with van der Waals surface area (Å²) in [7, 11) is 0. The van der Waals surface area contributed by atoms with Crippen LogP contribution in [-0.2, 0) is 0 Å². The van der Waals surface area contributed by atoms with Crippen LogP contribution in [0.5, 0.6) is 0 Å². The topological polar surface area (TPSA) is 42.9 Å². The number of nitriles is 1. The van der Waals surface area contributed by atoms with E-state index in [4.69, 9.17) is 6.57 Å². The molecule has 3 aromatic heterocycles. The molecule has 0 aliphatic rings. The molecule has 8 aromatic carbocycles. The number of aromatic nitrogens is 3. The highest BCUT2D eigenvalue weighted by Crippen LogP contribution is 2.40. The van der Waals surface area contributed by atoms with E-state index in [1.165, 1.54) is 21.5 Å². The summed E-state index contributed by atoms with van der Waals surface area (Å²) in [6.45, 7) is 8.06. The summed E-state index contributed by atoms with van der Waals surface area (Å²) in [5.74, 6) is 0. The molecular weight excluding hydrogens is 671 g/mol. The third-order valence-corrected chi connectivity index (χ3v) is 11.1. The zero-order chi connectivity index (χ0) is 36.6. The van der Waals surface area contributed by atoms with Gasteiger partial charge in [-0.3, -0.25) is 0 Å². The Bertz CT molecular complexity index is 3400. The van der Waals surface area contributed by atoms with Crippen molar-refractivity contribution >= 4 is 71.1 Å². The minimum absolute atomic E-state index is 0.615. The van der Waals surface area contributed by atoms with Crippen LogP contribution in [-0.4, -0.2) is 13.7 Å². The molecule has 5 nitrogen and oxygen atoms in total. The van der Waals surface area contributed by atoms with Crippen molar-refractivity contribution in [2.45, 2.75) is 0 Å². The van der Waals surface area contributed by atoms with Crippen molar-refractivity contribution in [2.75, 3.05) is 0 Å². The molecule has 0 saturated carbocycles. The molecule has 254 valence electrons. The highest BCUT2D eigenvalue weighted by Gasteiger charge is 2.18. The normalized spacial score (nSPS) is 11.6. The lowest BCUT2D eigenvalue weighted by Crippen LogP contribution is -1.96. The molecule has 0 amide bonds. The second-order valence-corrected chi connectivity index (χ2v) is 14.0. The van der Waals surface area contributed by atoms with Gasteiger partial charge in [-0.1, -0.05) is 97.1 Å². The van der Waals surface area contributed by atoms with Crippen LogP contribution >= 0.6 is 0 Å². The maximum Gasteiger partial charge on any atom is 0.210 e. The van der Waals surface area contributed by atoms with Gasteiger partial charge in [0.05, 0.1) is 57.0 Å². The van der Waals surface area contributed by atoms with Crippen molar-refractivity contribution in [1.29, 1.82) is 5.26 Å². The van der Waals surface area contributed by atoms with E-state index in [9.17, 15) is 5.26 Å². The minimum Gasteiger partial charge on any atom is -0.319 e. The average molecular weight is 700 g/mol. The molecule has 0 N–H and O–H groups in total. The van der Waals surface area contributed by atoms with E-state index in [1.54, 1.807) is 0 Å². The lowest BCUT2D eigenvalue weighted by Gasteiger charge is -2.14. The van der Waals surface area contributed by atoms with Crippen molar-refractivity contribution in [3.8, 4) is 34.3 Å². The lowest BCUT2D eigenvalue weighted by atomic mass is 10.0. The fourth-order valence-electron chi connectivity index (χ4n) is 8.66. The largest absolute Gasteiger partial charge is 0.319 e. The summed E-state index contributed by atoms with van der Waals surface area (Å²) in [5, 5.41) is 16.5. The summed E-state index contributed by atoms with van der Waals surface area (Å²) >= 11 is 0. The van der Waals surface area contributed by atoms with Crippen molar-refractivity contribution in [2.24, 2.45) is 0 Å². The van der Waals surface area contributed by atoms with E-state index in [0.29, 0.717) is 11.3 Å². The fraction of sp³-hybridized carbons (Fsp3) is 0. The lowest BCUT2D eigenvalue weighted by molar-refractivity contribution is 1.16. The Morgan fingerprint density at radius 2 is 0.855 bits per heavy atom. The molecule has 11 aromatic rings. The number of nitrogens with zero attached hydrogens (tertiary/aromatic N) is 5. The van der Waals surface area contributed by atoms with Crippen molar-refractivity contribution < 1.29 is 0 Å². The van der Waals surface area contributed by atoms with E-state index >= 15 is 0 Å². The first-order chi connectivity index (χ1) is 27.2. The smallest absolute Gasteiger partial charge is 0.210 e. The number of para-hydroxylation sites is 4. The van der Waals surface area contributed by atoms with Gasteiger partial charge in [-0.15, -0.1) is 0 Å². The van der Waals surface area contributed by atoms with Gasteiger partial charge < -0.3 is 13.7 Å². The molecule has 55 heavy (non-hydrogen) atoms. The predicted molar refractivity (Wildman–Crippen MR) is 226 cm³/mol. The number of hydrogen-bond donors (Lipinski definition) is 0. The Morgan fingerprint density at radius 3 is 1.44 bits per heavy atom. The van der Waals surface area contributed by atoms with Crippen molar-refractivity contribution in [3.05, 3.63) is 193 Å². The minimum atomic E-state index is 0.615. The third-order valence-electron chi connectivity index (χ3n) is 11.1. The molecule has 0 spiro atoms. The second kappa shape index (κ2) is 11.8. The molecule has 0 atom stereocenters. The summed E-state index contributed by atoms with van der Waals surface area (Å²) < 4.78 is 6.87. The Hall–Kier alpha value is -7.86. The van der Waals surface area contributed by atoms with Gasteiger partial charge in [-0.2, -0.15) is 5.26 Å². The van der Waals surface area contributed by atoms with E-state index in [-0.39, 0.29) is 0 Å². The number of rotatable bonds is 4. The summed E-state index contributed by atoms with van der Waals surface area (Å²) in [5.41, 5.74) is 13.0. The Morgan fingerprint density at radius 1 is 0.400 bits per heavy atom. The average Bonchev–Trinajstić information content (AvgIpc) is 3.88. The van der Waals surface area contributed by atoms with Gasteiger partial charge in [-0.25, -0.2) is 4.85 Å². The zero-order valence-electron chi connectivity index (χ0n) is 29.5. The molecule has 0 saturated heterocycles. The van der Waals surface area contributed by atoms with E-state index < -0.39 is 0 Å². The van der Waals surface area contributed by atoms with Crippen molar-refractivity contribution in [3.63, 3.8) is 0 Å². The summed E-state index contributed by atoms with van der Waals surface area (Å²) in [6.07, 6.45) is 0. The van der Waals surface area contributed by atoms with E-state index in [1.807, 2.05) is 18.2 Å². The van der Waals surface area contributed by atoms with Crippen LogP contribution in [0.2, 0.25) is 0 Å².